The molecule has 0 saturated heterocycles. The van der Waals surface area contributed by atoms with Crippen LogP contribution >= 0.6 is 0 Å². The monoisotopic (exact) mass is 416 g/mol. The number of nitro groups is 1. The van der Waals surface area contributed by atoms with Crippen molar-refractivity contribution in [3.8, 4) is 11.5 Å². The van der Waals surface area contributed by atoms with E-state index in [-0.39, 0.29) is 30.0 Å². The minimum Gasteiger partial charge on any atom is -0.493 e. The van der Waals surface area contributed by atoms with Crippen LogP contribution in [0, 0.1) is 10.1 Å². The number of ether oxygens (including phenoxy) is 3. The minimum atomic E-state index is -0.529. The number of nitrogens with zero attached hydrogens (tertiary/aromatic N) is 1. The topological polar surface area (TPSA) is 117 Å². The zero-order valence-corrected chi connectivity index (χ0v) is 17.3. The normalized spacial score (nSPS) is 10.3. The molecule has 0 aliphatic rings. The summed E-state index contributed by atoms with van der Waals surface area (Å²) in [5.74, 6) is 0.0261. The van der Waals surface area contributed by atoms with Gasteiger partial charge in [-0.25, -0.2) is 0 Å². The van der Waals surface area contributed by atoms with Gasteiger partial charge >= 0.3 is 5.97 Å². The standard InChI is InChI=1S/C21H24N2O7/c1-5-22-21(25)14-7-6-13(17(9-14)23(26)27)8-15-10-18(28-2)19(29-3)11-16(15)12-20(24)30-4/h6-7,9-11H,5,8,12H2,1-4H3,(H,22,25). The van der Waals surface area contributed by atoms with Gasteiger partial charge in [-0.05, 0) is 36.2 Å². The lowest BCUT2D eigenvalue weighted by molar-refractivity contribution is -0.385. The van der Waals surface area contributed by atoms with Gasteiger partial charge in [0.2, 0.25) is 0 Å². The molecule has 0 heterocycles. The Kier molecular flexibility index (Phi) is 7.74. The average Bonchev–Trinajstić information content (AvgIpc) is 2.74. The molecule has 2 aromatic carbocycles. The van der Waals surface area contributed by atoms with Gasteiger partial charge in [-0.2, -0.15) is 0 Å². The summed E-state index contributed by atoms with van der Waals surface area (Å²) in [4.78, 5) is 35.0. The molecule has 0 aliphatic carbocycles. The number of amides is 1. The van der Waals surface area contributed by atoms with Crippen molar-refractivity contribution in [1.29, 1.82) is 0 Å². The van der Waals surface area contributed by atoms with Crippen LogP contribution in [0.5, 0.6) is 11.5 Å². The number of carbonyl (C=O) groups excluding carboxylic acids is 2. The average molecular weight is 416 g/mol. The van der Waals surface area contributed by atoms with E-state index in [9.17, 15) is 19.7 Å². The summed E-state index contributed by atoms with van der Waals surface area (Å²) in [5, 5.41) is 14.3. The van der Waals surface area contributed by atoms with Crippen LogP contribution in [-0.2, 0) is 22.4 Å². The Balaban J connectivity index is 2.52. The zero-order chi connectivity index (χ0) is 22.3. The third-order valence-corrected chi connectivity index (χ3v) is 4.53. The number of benzene rings is 2. The maximum Gasteiger partial charge on any atom is 0.309 e. The molecule has 1 amide bonds. The molecule has 160 valence electrons. The first-order valence-corrected chi connectivity index (χ1v) is 9.20. The molecule has 2 rings (SSSR count). The summed E-state index contributed by atoms with van der Waals surface area (Å²) < 4.78 is 15.4. The predicted octanol–water partition coefficient (Wildman–Crippen LogP) is 2.67. The van der Waals surface area contributed by atoms with Crippen molar-refractivity contribution in [1.82, 2.24) is 5.32 Å². The van der Waals surface area contributed by atoms with Crippen molar-refractivity contribution in [2.45, 2.75) is 19.8 Å². The molecule has 9 nitrogen and oxygen atoms in total. The Morgan fingerprint density at radius 3 is 2.17 bits per heavy atom. The summed E-state index contributed by atoms with van der Waals surface area (Å²) in [6.07, 6.45) is 0.121. The molecule has 9 heteroatoms. The summed E-state index contributed by atoms with van der Waals surface area (Å²) >= 11 is 0. The molecule has 0 saturated carbocycles. The fourth-order valence-electron chi connectivity index (χ4n) is 3.01. The summed E-state index contributed by atoms with van der Waals surface area (Å²) in [5.41, 5.74) is 1.66. The van der Waals surface area contributed by atoms with Gasteiger partial charge < -0.3 is 19.5 Å². The lowest BCUT2D eigenvalue weighted by Gasteiger charge is -2.15. The molecule has 0 atom stereocenters. The van der Waals surface area contributed by atoms with Crippen molar-refractivity contribution in [3.05, 3.63) is 62.7 Å². The second-order valence-corrected chi connectivity index (χ2v) is 6.37. The van der Waals surface area contributed by atoms with Crippen LogP contribution in [0.3, 0.4) is 0 Å². The van der Waals surface area contributed by atoms with Crippen LogP contribution in [0.4, 0.5) is 5.69 Å². The highest BCUT2D eigenvalue weighted by Crippen LogP contribution is 2.33. The number of hydrogen-bond donors (Lipinski definition) is 1. The number of carbonyl (C=O) groups is 2. The first-order chi connectivity index (χ1) is 14.3. The van der Waals surface area contributed by atoms with Gasteiger partial charge in [-0.15, -0.1) is 0 Å². The molecule has 0 spiro atoms. The van der Waals surface area contributed by atoms with E-state index in [1.54, 1.807) is 25.1 Å². The van der Waals surface area contributed by atoms with Crippen LogP contribution in [0.2, 0.25) is 0 Å². The zero-order valence-electron chi connectivity index (χ0n) is 17.3. The third-order valence-electron chi connectivity index (χ3n) is 4.53. The molecule has 0 fully saturated rings. The van der Waals surface area contributed by atoms with Gasteiger partial charge in [0.15, 0.2) is 11.5 Å². The second-order valence-electron chi connectivity index (χ2n) is 6.37. The lowest BCUT2D eigenvalue weighted by Crippen LogP contribution is -2.22. The van der Waals surface area contributed by atoms with E-state index in [1.165, 1.54) is 33.5 Å². The first kappa shape index (κ1) is 22.7. The SMILES string of the molecule is CCNC(=O)c1ccc(Cc2cc(OC)c(OC)cc2CC(=O)OC)c([N+](=O)[O-])c1. The van der Waals surface area contributed by atoms with E-state index in [0.717, 1.165) is 0 Å². The number of nitro benzene ring substituents is 1. The summed E-state index contributed by atoms with van der Waals surface area (Å²) in [7, 11) is 4.24. The lowest BCUT2D eigenvalue weighted by atomic mass is 9.95. The van der Waals surface area contributed by atoms with Crippen LogP contribution in [0.15, 0.2) is 30.3 Å². The molecule has 0 radical (unpaired) electrons. The van der Waals surface area contributed by atoms with Crippen molar-refractivity contribution in [2.75, 3.05) is 27.9 Å². The highest BCUT2D eigenvalue weighted by molar-refractivity contribution is 5.95. The van der Waals surface area contributed by atoms with Gasteiger partial charge in [0, 0.05) is 30.2 Å². The largest absolute Gasteiger partial charge is 0.493 e. The highest BCUT2D eigenvalue weighted by Gasteiger charge is 2.21. The van der Waals surface area contributed by atoms with Crippen LogP contribution in [0.25, 0.3) is 0 Å². The smallest absolute Gasteiger partial charge is 0.309 e. The molecule has 30 heavy (non-hydrogen) atoms. The Labute approximate surface area is 174 Å². The summed E-state index contributed by atoms with van der Waals surface area (Å²) in [6, 6.07) is 7.66. The third kappa shape index (κ3) is 5.25. The maximum absolute atomic E-state index is 12.0. The Morgan fingerprint density at radius 2 is 1.63 bits per heavy atom. The molecule has 1 N–H and O–H groups in total. The van der Waals surface area contributed by atoms with Crippen molar-refractivity contribution >= 4 is 17.6 Å². The highest BCUT2D eigenvalue weighted by atomic mass is 16.6. The van der Waals surface area contributed by atoms with Gasteiger partial charge in [0.25, 0.3) is 11.6 Å². The number of esters is 1. The number of nitrogens with one attached hydrogen (secondary N) is 1. The van der Waals surface area contributed by atoms with E-state index >= 15 is 0 Å². The van der Waals surface area contributed by atoms with Crippen molar-refractivity contribution in [2.24, 2.45) is 0 Å². The van der Waals surface area contributed by atoms with E-state index in [1.807, 2.05) is 0 Å². The number of rotatable bonds is 9. The maximum atomic E-state index is 12.0. The quantitative estimate of drug-likeness (QED) is 0.379. The fraction of sp³-hybridized carbons (Fsp3) is 0.333. The molecular weight excluding hydrogens is 392 g/mol. The minimum absolute atomic E-state index is 0.0308. The summed E-state index contributed by atoms with van der Waals surface area (Å²) in [6.45, 7) is 2.18. The predicted molar refractivity (Wildman–Crippen MR) is 109 cm³/mol. The molecular formula is C21H24N2O7. The fourth-order valence-corrected chi connectivity index (χ4v) is 3.01. The van der Waals surface area contributed by atoms with Gasteiger partial charge in [0.05, 0.1) is 32.7 Å². The molecule has 0 aromatic heterocycles. The van der Waals surface area contributed by atoms with Crippen LogP contribution in [-0.4, -0.2) is 44.7 Å². The van der Waals surface area contributed by atoms with Crippen molar-refractivity contribution < 1.29 is 28.7 Å². The van der Waals surface area contributed by atoms with Gasteiger partial charge in [0.1, 0.15) is 0 Å². The molecule has 0 unspecified atom stereocenters. The van der Waals surface area contributed by atoms with Crippen LogP contribution in [0.1, 0.15) is 34.0 Å². The Morgan fingerprint density at radius 1 is 1.00 bits per heavy atom. The van der Waals surface area contributed by atoms with Gasteiger partial charge in [-0.3, -0.25) is 19.7 Å². The van der Waals surface area contributed by atoms with Crippen molar-refractivity contribution in [3.63, 3.8) is 0 Å². The van der Waals surface area contributed by atoms with E-state index < -0.39 is 10.9 Å². The van der Waals surface area contributed by atoms with Crippen LogP contribution < -0.4 is 14.8 Å². The molecule has 2 aromatic rings. The van der Waals surface area contributed by atoms with E-state index in [2.05, 4.69) is 5.32 Å². The number of methoxy groups -OCH3 is 3. The molecule has 0 bridgehead atoms. The number of hydrogen-bond acceptors (Lipinski definition) is 7. The Bertz CT molecular complexity index is 957. The Hall–Kier alpha value is -3.62. The first-order valence-electron chi connectivity index (χ1n) is 9.20. The molecule has 0 aliphatic heterocycles. The van der Waals surface area contributed by atoms with E-state index in [0.29, 0.717) is 34.7 Å². The van der Waals surface area contributed by atoms with Gasteiger partial charge in [-0.1, -0.05) is 6.07 Å². The van der Waals surface area contributed by atoms with E-state index in [4.69, 9.17) is 14.2 Å². The second kappa shape index (κ2) is 10.2.